The normalized spacial score (nSPS) is 9.84. The fourth-order valence-corrected chi connectivity index (χ4v) is 2.69. The van der Waals surface area contributed by atoms with Crippen LogP contribution in [0.5, 0.6) is 11.5 Å². The van der Waals surface area contributed by atoms with E-state index in [4.69, 9.17) is 21.7 Å². The van der Waals surface area contributed by atoms with Gasteiger partial charge in [0, 0.05) is 11.3 Å². The number of hydrogen-bond acceptors (Lipinski definition) is 4. The van der Waals surface area contributed by atoms with Crippen LogP contribution in [0.2, 0.25) is 0 Å². The van der Waals surface area contributed by atoms with Crippen LogP contribution in [0, 0.1) is 0 Å². The molecule has 0 saturated heterocycles. The van der Waals surface area contributed by atoms with Gasteiger partial charge in [0.2, 0.25) is 0 Å². The van der Waals surface area contributed by atoms with Crippen LogP contribution in [0.3, 0.4) is 0 Å². The summed E-state index contributed by atoms with van der Waals surface area (Å²) in [4.78, 5) is 12.2. The highest BCUT2D eigenvalue weighted by Crippen LogP contribution is 2.25. The molecule has 0 unspecified atom stereocenters. The number of benzene rings is 2. The molecule has 0 aromatic heterocycles. The summed E-state index contributed by atoms with van der Waals surface area (Å²) in [7, 11) is 1.56. The highest BCUT2D eigenvalue weighted by molar-refractivity contribution is 9.10. The number of carbonyl (C=O) groups is 1. The molecule has 0 aliphatic rings. The predicted molar refractivity (Wildman–Crippen MR) is 107 cm³/mol. The number of anilines is 1. The number of rotatable bonds is 6. The van der Waals surface area contributed by atoms with Crippen molar-refractivity contribution in [3.8, 4) is 11.5 Å². The maximum Gasteiger partial charge on any atom is 0.257 e. The van der Waals surface area contributed by atoms with Gasteiger partial charge in [0.05, 0.1) is 11.6 Å². The van der Waals surface area contributed by atoms with Crippen molar-refractivity contribution in [2.24, 2.45) is 0 Å². The monoisotopic (exact) mass is 420 g/mol. The van der Waals surface area contributed by atoms with Crippen molar-refractivity contribution in [1.29, 1.82) is 0 Å². The number of thiocarbonyl (C=S) groups is 1. The van der Waals surface area contributed by atoms with Gasteiger partial charge in [-0.2, -0.15) is 0 Å². The molecular formula is C18H17BrN2O3S. The minimum atomic E-state index is -0.313. The minimum Gasteiger partial charge on any atom is -0.496 e. The van der Waals surface area contributed by atoms with Crippen LogP contribution in [0.4, 0.5) is 5.69 Å². The summed E-state index contributed by atoms with van der Waals surface area (Å²) < 4.78 is 11.2. The van der Waals surface area contributed by atoms with Crippen molar-refractivity contribution >= 4 is 44.9 Å². The van der Waals surface area contributed by atoms with Gasteiger partial charge in [-0.1, -0.05) is 12.7 Å². The molecule has 0 fully saturated rings. The first-order valence-electron chi connectivity index (χ1n) is 7.33. The first-order chi connectivity index (χ1) is 12.0. The Hall–Kier alpha value is -2.38. The van der Waals surface area contributed by atoms with Crippen molar-refractivity contribution in [2.45, 2.75) is 0 Å². The Kier molecular flexibility index (Phi) is 6.97. The zero-order valence-electron chi connectivity index (χ0n) is 13.5. The number of methoxy groups -OCH3 is 1. The molecule has 0 spiro atoms. The van der Waals surface area contributed by atoms with Gasteiger partial charge >= 0.3 is 0 Å². The van der Waals surface area contributed by atoms with E-state index < -0.39 is 0 Å². The molecule has 0 bridgehead atoms. The third-order valence-electron chi connectivity index (χ3n) is 3.12. The predicted octanol–water partition coefficient (Wildman–Crippen LogP) is 4.15. The average molecular weight is 421 g/mol. The molecule has 130 valence electrons. The fourth-order valence-electron chi connectivity index (χ4n) is 1.93. The van der Waals surface area contributed by atoms with E-state index in [-0.39, 0.29) is 11.0 Å². The van der Waals surface area contributed by atoms with E-state index in [1.165, 1.54) is 0 Å². The molecule has 0 aliphatic carbocycles. The van der Waals surface area contributed by atoms with Crippen LogP contribution < -0.4 is 20.1 Å². The summed E-state index contributed by atoms with van der Waals surface area (Å²) in [6, 6.07) is 12.3. The minimum absolute atomic E-state index is 0.205. The molecule has 2 aromatic rings. The highest BCUT2D eigenvalue weighted by atomic mass is 79.9. The average Bonchev–Trinajstić information content (AvgIpc) is 2.61. The molecule has 0 heterocycles. The molecule has 1 amide bonds. The first kappa shape index (κ1) is 19.0. The zero-order chi connectivity index (χ0) is 18.2. The largest absolute Gasteiger partial charge is 0.496 e. The second kappa shape index (κ2) is 9.19. The Bertz CT molecular complexity index is 778. The van der Waals surface area contributed by atoms with Gasteiger partial charge in [-0.25, -0.2) is 0 Å². The van der Waals surface area contributed by atoms with Crippen LogP contribution in [0.15, 0.2) is 59.6 Å². The van der Waals surface area contributed by atoms with Gasteiger partial charge in [-0.05, 0) is 70.6 Å². The first-order valence-corrected chi connectivity index (χ1v) is 8.53. The molecule has 0 saturated carbocycles. The van der Waals surface area contributed by atoms with E-state index in [1.54, 1.807) is 55.7 Å². The lowest BCUT2D eigenvalue weighted by molar-refractivity contribution is 0.0977. The third-order valence-corrected chi connectivity index (χ3v) is 3.94. The van der Waals surface area contributed by atoms with Gasteiger partial charge in [0.1, 0.15) is 18.1 Å². The maximum absolute atomic E-state index is 12.2. The summed E-state index contributed by atoms with van der Waals surface area (Å²) in [6.07, 6.45) is 1.67. The molecule has 7 heteroatoms. The Morgan fingerprint density at radius 2 is 2.00 bits per heavy atom. The lowest BCUT2D eigenvalue weighted by atomic mass is 10.2. The van der Waals surface area contributed by atoms with Crippen LogP contribution in [0.25, 0.3) is 0 Å². The smallest absolute Gasteiger partial charge is 0.257 e. The molecule has 0 radical (unpaired) electrons. The van der Waals surface area contributed by atoms with Gasteiger partial charge < -0.3 is 14.8 Å². The van der Waals surface area contributed by atoms with E-state index in [0.29, 0.717) is 22.4 Å². The Balaban J connectivity index is 1.94. The molecule has 0 aliphatic heterocycles. The standard InChI is InChI=1S/C18H17BrN2O3S/c1-3-10-24-14-7-5-13(6-8-14)20-18(25)21-17(22)12-4-9-16(23-2)15(19)11-12/h3-9,11H,1,10H2,2H3,(H2,20,21,22,25). The number of halogens is 1. The van der Waals surface area contributed by atoms with Gasteiger partial charge in [0.15, 0.2) is 5.11 Å². The quantitative estimate of drug-likeness (QED) is 0.542. The van der Waals surface area contributed by atoms with E-state index in [1.807, 2.05) is 0 Å². The van der Waals surface area contributed by atoms with Crippen LogP contribution >= 0.6 is 28.1 Å². The summed E-state index contributed by atoms with van der Waals surface area (Å²) in [5.74, 6) is 1.06. The van der Waals surface area contributed by atoms with E-state index in [2.05, 4.69) is 33.1 Å². The van der Waals surface area contributed by atoms with Crippen molar-refractivity contribution in [3.63, 3.8) is 0 Å². The van der Waals surface area contributed by atoms with Crippen molar-refractivity contribution < 1.29 is 14.3 Å². The van der Waals surface area contributed by atoms with Crippen molar-refractivity contribution in [2.75, 3.05) is 19.0 Å². The third kappa shape index (κ3) is 5.58. The fraction of sp³-hybridized carbons (Fsp3) is 0.111. The highest BCUT2D eigenvalue weighted by Gasteiger charge is 2.10. The Morgan fingerprint density at radius 1 is 1.28 bits per heavy atom. The number of carbonyl (C=O) groups excluding carboxylic acids is 1. The van der Waals surface area contributed by atoms with E-state index in [9.17, 15) is 4.79 Å². The second-order valence-corrected chi connectivity index (χ2v) is 6.14. The summed E-state index contributed by atoms with van der Waals surface area (Å²) in [5, 5.41) is 5.79. The topological polar surface area (TPSA) is 59.6 Å². The van der Waals surface area contributed by atoms with E-state index >= 15 is 0 Å². The molecule has 2 rings (SSSR count). The summed E-state index contributed by atoms with van der Waals surface area (Å²) >= 11 is 8.52. The SMILES string of the molecule is C=CCOc1ccc(NC(=S)NC(=O)c2ccc(OC)c(Br)c2)cc1. The molecule has 5 nitrogen and oxygen atoms in total. The maximum atomic E-state index is 12.2. The Morgan fingerprint density at radius 3 is 2.60 bits per heavy atom. The van der Waals surface area contributed by atoms with Gasteiger partial charge in [-0.3, -0.25) is 10.1 Å². The van der Waals surface area contributed by atoms with Crippen LogP contribution in [-0.4, -0.2) is 24.7 Å². The zero-order valence-corrected chi connectivity index (χ0v) is 15.9. The van der Waals surface area contributed by atoms with E-state index in [0.717, 1.165) is 11.4 Å². The molecule has 0 atom stereocenters. The molecule has 2 N–H and O–H groups in total. The lowest BCUT2D eigenvalue weighted by Crippen LogP contribution is -2.34. The van der Waals surface area contributed by atoms with Crippen LogP contribution in [0.1, 0.15) is 10.4 Å². The number of ether oxygens (including phenoxy) is 2. The Labute approximate surface area is 160 Å². The van der Waals surface area contributed by atoms with Crippen LogP contribution in [-0.2, 0) is 0 Å². The summed E-state index contributed by atoms with van der Waals surface area (Å²) in [6.45, 7) is 4.04. The van der Waals surface area contributed by atoms with Crippen molar-refractivity contribution in [3.05, 3.63) is 65.2 Å². The van der Waals surface area contributed by atoms with Crippen molar-refractivity contribution in [1.82, 2.24) is 5.32 Å². The molecule has 25 heavy (non-hydrogen) atoms. The summed E-state index contributed by atoms with van der Waals surface area (Å²) in [5.41, 5.74) is 1.21. The number of nitrogens with one attached hydrogen (secondary N) is 2. The van der Waals surface area contributed by atoms with Gasteiger partial charge in [-0.15, -0.1) is 0 Å². The molecular weight excluding hydrogens is 404 g/mol. The van der Waals surface area contributed by atoms with Gasteiger partial charge in [0.25, 0.3) is 5.91 Å². The number of amides is 1. The number of hydrogen-bond donors (Lipinski definition) is 2. The molecule has 2 aromatic carbocycles. The second-order valence-electron chi connectivity index (χ2n) is 4.88. The lowest BCUT2D eigenvalue weighted by Gasteiger charge is -2.11.